The van der Waals surface area contributed by atoms with Crippen LogP contribution in [0.4, 0.5) is 0 Å². The number of nitrogens with one attached hydrogen (secondary N) is 1. The molecule has 6 heteroatoms. The van der Waals surface area contributed by atoms with E-state index in [4.69, 9.17) is 0 Å². The van der Waals surface area contributed by atoms with Crippen LogP contribution in [-0.2, 0) is 0 Å². The van der Waals surface area contributed by atoms with Crippen molar-refractivity contribution in [3.63, 3.8) is 0 Å². The minimum Gasteiger partial charge on any atom is -0.396 e. The minimum absolute atomic E-state index is 0.0649. The molecule has 0 aliphatic carbocycles. The topological polar surface area (TPSA) is 80.0 Å². The second kappa shape index (κ2) is 7.57. The number of hydrogen-bond donors (Lipinski definition) is 2. The van der Waals surface area contributed by atoms with Gasteiger partial charge in [-0.1, -0.05) is 13.8 Å². The number of carbonyl (C=O) groups excluding carboxylic acids is 1. The zero-order chi connectivity index (χ0) is 17.7. The Bertz CT molecular complexity index is 679. The van der Waals surface area contributed by atoms with Crippen molar-refractivity contribution >= 4 is 5.91 Å². The van der Waals surface area contributed by atoms with Crippen LogP contribution in [0, 0.1) is 19.3 Å². The molecule has 2 N–H and O–H groups in total. The van der Waals surface area contributed by atoms with Crippen molar-refractivity contribution in [1.29, 1.82) is 0 Å². The number of aliphatic hydroxyl groups is 1. The smallest absolute Gasteiger partial charge is 0.252 e. The number of pyridine rings is 1. The number of carbonyl (C=O) groups is 1. The third-order valence-corrected chi connectivity index (χ3v) is 4.70. The van der Waals surface area contributed by atoms with Crippen LogP contribution < -0.4 is 5.32 Å². The summed E-state index contributed by atoms with van der Waals surface area (Å²) in [6.45, 7) is 8.46. The first-order valence-electron chi connectivity index (χ1n) is 8.33. The second-order valence-corrected chi connectivity index (χ2v) is 6.29. The number of amides is 1. The van der Waals surface area contributed by atoms with E-state index in [1.807, 2.05) is 33.8 Å². The quantitative estimate of drug-likeness (QED) is 0.817. The first-order chi connectivity index (χ1) is 11.4. The fraction of sp³-hybridized carbons (Fsp3) is 0.500. The SMILES string of the molecule is CCC(CC)(CO)CNC(=O)c1ccc(-n2nc(C)cc2C)nc1. The van der Waals surface area contributed by atoms with Gasteiger partial charge in [0.15, 0.2) is 5.82 Å². The third-order valence-electron chi connectivity index (χ3n) is 4.70. The zero-order valence-corrected chi connectivity index (χ0v) is 14.8. The highest BCUT2D eigenvalue weighted by molar-refractivity contribution is 5.93. The summed E-state index contributed by atoms with van der Waals surface area (Å²) in [5, 5.41) is 16.9. The van der Waals surface area contributed by atoms with Gasteiger partial charge in [0.1, 0.15) is 0 Å². The van der Waals surface area contributed by atoms with Crippen LogP contribution in [0.3, 0.4) is 0 Å². The minimum atomic E-state index is -0.257. The Hall–Kier alpha value is -2.21. The van der Waals surface area contributed by atoms with Crippen LogP contribution in [0.25, 0.3) is 5.82 Å². The Morgan fingerprint density at radius 3 is 2.46 bits per heavy atom. The zero-order valence-electron chi connectivity index (χ0n) is 14.8. The van der Waals surface area contributed by atoms with E-state index in [0.29, 0.717) is 17.9 Å². The lowest BCUT2D eigenvalue weighted by molar-refractivity contribution is 0.0851. The molecule has 2 aromatic rings. The van der Waals surface area contributed by atoms with E-state index in [-0.39, 0.29) is 17.9 Å². The van der Waals surface area contributed by atoms with E-state index in [0.717, 1.165) is 24.2 Å². The average molecular weight is 330 g/mol. The molecule has 0 radical (unpaired) electrons. The van der Waals surface area contributed by atoms with Gasteiger partial charge in [0.2, 0.25) is 0 Å². The van der Waals surface area contributed by atoms with E-state index in [2.05, 4.69) is 15.4 Å². The summed E-state index contributed by atoms with van der Waals surface area (Å²) >= 11 is 0. The van der Waals surface area contributed by atoms with Crippen molar-refractivity contribution in [2.45, 2.75) is 40.5 Å². The standard InChI is InChI=1S/C18H26N4O2/c1-5-18(6-2,12-23)11-20-17(24)15-7-8-16(19-10-15)22-14(4)9-13(3)21-22/h7-10,23H,5-6,11-12H2,1-4H3,(H,20,24). The van der Waals surface area contributed by atoms with Gasteiger partial charge in [-0.15, -0.1) is 0 Å². The van der Waals surface area contributed by atoms with Crippen LogP contribution in [0.5, 0.6) is 0 Å². The molecule has 0 atom stereocenters. The van der Waals surface area contributed by atoms with Gasteiger partial charge in [0, 0.05) is 23.9 Å². The summed E-state index contributed by atoms with van der Waals surface area (Å²) in [6.07, 6.45) is 3.18. The molecule has 2 heterocycles. The highest BCUT2D eigenvalue weighted by Crippen LogP contribution is 2.24. The lowest BCUT2D eigenvalue weighted by Crippen LogP contribution is -2.39. The van der Waals surface area contributed by atoms with Crippen molar-refractivity contribution in [3.8, 4) is 5.82 Å². The first kappa shape index (κ1) is 18.1. The van der Waals surface area contributed by atoms with Crippen molar-refractivity contribution in [1.82, 2.24) is 20.1 Å². The molecule has 0 unspecified atom stereocenters. The summed E-state index contributed by atoms with van der Waals surface area (Å²) in [7, 11) is 0. The van der Waals surface area contributed by atoms with E-state index in [1.54, 1.807) is 23.0 Å². The fourth-order valence-electron chi connectivity index (χ4n) is 2.66. The molecule has 0 aliphatic heterocycles. The van der Waals surface area contributed by atoms with Crippen molar-refractivity contribution < 1.29 is 9.90 Å². The molecule has 2 aromatic heterocycles. The second-order valence-electron chi connectivity index (χ2n) is 6.29. The molecule has 0 spiro atoms. The van der Waals surface area contributed by atoms with E-state index >= 15 is 0 Å². The van der Waals surface area contributed by atoms with Crippen LogP contribution >= 0.6 is 0 Å². The summed E-state index contributed by atoms with van der Waals surface area (Å²) < 4.78 is 1.75. The molecule has 130 valence electrons. The van der Waals surface area contributed by atoms with E-state index in [9.17, 15) is 9.90 Å². The molecule has 1 amide bonds. The van der Waals surface area contributed by atoms with Crippen molar-refractivity contribution in [3.05, 3.63) is 41.3 Å². The van der Waals surface area contributed by atoms with Crippen LogP contribution in [0.15, 0.2) is 24.4 Å². The van der Waals surface area contributed by atoms with Gasteiger partial charge in [-0.2, -0.15) is 5.10 Å². The molecular weight excluding hydrogens is 304 g/mol. The molecule has 0 aromatic carbocycles. The Labute approximate surface area is 142 Å². The maximum absolute atomic E-state index is 12.3. The fourth-order valence-corrected chi connectivity index (χ4v) is 2.66. The molecule has 0 fully saturated rings. The summed E-state index contributed by atoms with van der Waals surface area (Å²) in [5.41, 5.74) is 2.16. The van der Waals surface area contributed by atoms with E-state index in [1.165, 1.54) is 0 Å². The third kappa shape index (κ3) is 3.82. The van der Waals surface area contributed by atoms with E-state index < -0.39 is 0 Å². The number of aryl methyl sites for hydroxylation is 2. The summed E-state index contributed by atoms with van der Waals surface area (Å²) in [4.78, 5) is 16.6. The monoisotopic (exact) mass is 330 g/mol. The molecule has 24 heavy (non-hydrogen) atoms. The Morgan fingerprint density at radius 1 is 1.29 bits per heavy atom. The van der Waals surface area contributed by atoms with Gasteiger partial charge >= 0.3 is 0 Å². The molecule has 0 bridgehead atoms. The van der Waals surface area contributed by atoms with Gasteiger partial charge in [0.25, 0.3) is 5.91 Å². The molecule has 0 saturated carbocycles. The normalized spacial score (nSPS) is 11.5. The lowest BCUT2D eigenvalue weighted by Gasteiger charge is -2.29. The maximum Gasteiger partial charge on any atom is 0.252 e. The molecule has 0 aliphatic rings. The van der Waals surface area contributed by atoms with Gasteiger partial charge in [0.05, 0.1) is 17.9 Å². The number of nitrogens with zero attached hydrogens (tertiary/aromatic N) is 3. The predicted octanol–water partition coefficient (Wildman–Crippen LogP) is 2.41. The lowest BCUT2D eigenvalue weighted by atomic mass is 9.83. The molecule has 6 nitrogen and oxygen atoms in total. The van der Waals surface area contributed by atoms with Gasteiger partial charge in [-0.05, 0) is 44.9 Å². The largest absolute Gasteiger partial charge is 0.396 e. The maximum atomic E-state index is 12.3. The summed E-state index contributed by atoms with van der Waals surface area (Å²) in [6, 6.07) is 5.51. The first-order valence-corrected chi connectivity index (χ1v) is 8.33. The van der Waals surface area contributed by atoms with Crippen LogP contribution in [-0.4, -0.2) is 38.9 Å². The molecular formula is C18H26N4O2. The van der Waals surface area contributed by atoms with Gasteiger partial charge in [-0.25, -0.2) is 9.67 Å². The number of aliphatic hydroxyl groups excluding tert-OH is 1. The van der Waals surface area contributed by atoms with Gasteiger partial charge < -0.3 is 10.4 Å². The Kier molecular flexibility index (Phi) is 5.72. The van der Waals surface area contributed by atoms with Crippen molar-refractivity contribution in [2.24, 2.45) is 5.41 Å². The molecule has 0 saturated heterocycles. The Balaban J connectivity index is 2.08. The van der Waals surface area contributed by atoms with Crippen LogP contribution in [0.1, 0.15) is 48.4 Å². The molecule has 2 rings (SSSR count). The number of aromatic nitrogens is 3. The predicted molar refractivity (Wildman–Crippen MR) is 93.3 cm³/mol. The van der Waals surface area contributed by atoms with Gasteiger partial charge in [-0.3, -0.25) is 4.79 Å². The Morgan fingerprint density at radius 2 is 2.00 bits per heavy atom. The number of hydrogen-bond acceptors (Lipinski definition) is 4. The van der Waals surface area contributed by atoms with Crippen molar-refractivity contribution in [2.75, 3.05) is 13.2 Å². The summed E-state index contributed by atoms with van der Waals surface area (Å²) in [5.74, 6) is 0.506. The number of rotatable bonds is 7. The highest BCUT2D eigenvalue weighted by Gasteiger charge is 2.26. The van der Waals surface area contributed by atoms with Crippen LogP contribution in [0.2, 0.25) is 0 Å². The highest BCUT2D eigenvalue weighted by atomic mass is 16.3. The average Bonchev–Trinajstić information content (AvgIpc) is 2.95.